The fraction of sp³-hybridized carbons (Fsp3) is 0.600. The SMILES string of the molecule is CCN(C)c1nsnc1Cl. The van der Waals surface area contributed by atoms with E-state index in [-0.39, 0.29) is 0 Å². The zero-order valence-electron chi connectivity index (χ0n) is 5.83. The molecule has 56 valence electrons. The predicted octanol–water partition coefficient (Wildman–Crippen LogP) is 1.65. The fourth-order valence-electron chi connectivity index (χ4n) is 0.550. The molecule has 0 fully saturated rings. The third-order valence-corrected chi connectivity index (χ3v) is 2.14. The van der Waals surface area contributed by atoms with Crippen molar-refractivity contribution >= 4 is 29.1 Å². The topological polar surface area (TPSA) is 29.0 Å². The molecule has 0 saturated heterocycles. The number of anilines is 1. The van der Waals surface area contributed by atoms with Gasteiger partial charge in [0.25, 0.3) is 0 Å². The molecule has 0 amide bonds. The number of halogens is 1. The summed E-state index contributed by atoms with van der Waals surface area (Å²) in [5, 5.41) is 0.495. The van der Waals surface area contributed by atoms with Crippen LogP contribution in [0.25, 0.3) is 0 Å². The Morgan fingerprint density at radius 3 is 2.70 bits per heavy atom. The van der Waals surface area contributed by atoms with Gasteiger partial charge in [0.2, 0.25) is 0 Å². The summed E-state index contributed by atoms with van der Waals surface area (Å²) >= 11 is 6.84. The number of nitrogens with zero attached hydrogens (tertiary/aromatic N) is 3. The van der Waals surface area contributed by atoms with E-state index in [9.17, 15) is 0 Å². The molecule has 0 aliphatic heterocycles. The van der Waals surface area contributed by atoms with Gasteiger partial charge < -0.3 is 4.90 Å². The summed E-state index contributed by atoms with van der Waals surface area (Å²) in [5.74, 6) is 0.772. The smallest absolute Gasteiger partial charge is 0.187 e. The maximum Gasteiger partial charge on any atom is 0.187 e. The molecular formula is C5H8ClN3S. The standard InChI is InChI=1S/C5H8ClN3S/c1-3-9(2)5-4(6)7-10-8-5/h3H2,1-2H3. The van der Waals surface area contributed by atoms with Crippen molar-refractivity contribution in [3.8, 4) is 0 Å². The van der Waals surface area contributed by atoms with Crippen LogP contribution in [0.4, 0.5) is 5.82 Å². The lowest BCUT2D eigenvalue weighted by atomic mass is 10.6. The number of aromatic nitrogens is 2. The van der Waals surface area contributed by atoms with Crippen molar-refractivity contribution in [1.82, 2.24) is 8.75 Å². The maximum atomic E-state index is 5.71. The van der Waals surface area contributed by atoms with Gasteiger partial charge in [0.05, 0.1) is 11.7 Å². The predicted molar refractivity (Wildman–Crippen MR) is 43.9 cm³/mol. The Balaban J connectivity index is 2.82. The molecule has 0 aromatic carbocycles. The normalized spacial score (nSPS) is 9.90. The molecule has 10 heavy (non-hydrogen) atoms. The molecule has 0 unspecified atom stereocenters. The van der Waals surface area contributed by atoms with E-state index in [1.807, 2.05) is 18.9 Å². The summed E-state index contributed by atoms with van der Waals surface area (Å²) in [6.45, 7) is 2.93. The van der Waals surface area contributed by atoms with Gasteiger partial charge in [0.15, 0.2) is 11.0 Å². The van der Waals surface area contributed by atoms with E-state index < -0.39 is 0 Å². The minimum atomic E-state index is 0.495. The maximum absolute atomic E-state index is 5.71. The summed E-state index contributed by atoms with van der Waals surface area (Å²) in [5.41, 5.74) is 0. The molecule has 1 rings (SSSR count). The van der Waals surface area contributed by atoms with Crippen LogP contribution in [-0.4, -0.2) is 22.3 Å². The van der Waals surface area contributed by atoms with Crippen molar-refractivity contribution in [2.75, 3.05) is 18.5 Å². The van der Waals surface area contributed by atoms with Crippen LogP contribution in [0.15, 0.2) is 0 Å². The third-order valence-electron chi connectivity index (χ3n) is 1.27. The van der Waals surface area contributed by atoms with E-state index in [1.54, 1.807) is 0 Å². The first-order valence-electron chi connectivity index (χ1n) is 2.95. The van der Waals surface area contributed by atoms with E-state index in [1.165, 1.54) is 0 Å². The lowest BCUT2D eigenvalue weighted by Gasteiger charge is -2.11. The molecule has 0 atom stereocenters. The van der Waals surface area contributed by atoms with E-state index in [0.717, 1.165) is 24.1 Å². The van der Waals surface area contributed by atoms with Crippen LogP contribution in [0.1, 0.15) is 6.92 Å². The van der Waals surface area contributed by atoms with Gasteiger partial charge in [-0.15, -0.1) is 0 Å². The average Bonchev–Trinajstić information content (AvgIpc) is 2.34. The second kappa shape index (κ2) is 3.16. The average molecular weight is 178 g/mol. The fourth-order valence-corrected chi connectivity index (χ4v) is 1.38. The van der Waals surface area contributed by atoms with Crippen LogP contribution in [0, 0.1) is 0 Å². The third kappa shape index (κ3) is 1.38. The van der Waals surface area contributed by atoms with Crippen molar-refractivity contribution in [2.45, 2.75) is 6.92 Å². The van der Waals surface area contributed by atoms with Gasteiger partial charge in [-0.2, -0.15) is 8.75 Å². The minimum absolute atomic E-state index is 0.495. The number of hydrogen-bond donors (Lipinski definition) is 0. The minimum Gasteiger partial charge on any atom is -0.357 e. The van der Waals surface area contributed by atoms with Crippen LogP contribution in [0.3, 0.4) is 0 Å². The Morgan fingerprint density at radius 1 is 1.60 bits per heavy atom. The zero-order chi connectivity index (χ0) is 7.56. The van der Waals surface area contributed by atoms with Crippen molar-refractivity contribution in [1.29, 1.82) is 0 Å². The van der Waals surface area contributed by atoms with Gasteiger partial charge in [-0.3, -0.25) is 0 Å². The molecule has 3 nitrogen and oxygen atoms in total. The number of rotatable bonds is 2. The molecule has 0 radical (unpaired) electrons. The van der Waals surface area contributed by atoms with Crippen LogP contribution >= 0.6 is 23.3 Å². The summed E-state index contributed by atoms with van der Waals surface area (Å²) in [6, 6.07) is 0. The molecular weight excluding hydrogens is 170 g/mol. The van der Waals surface area contributed by atoms with Gasteiger partial charge in [-0.05, 0) is 6.92 Å². The first-order valence-corrected chi connectivity index (χ1v) is 4.05. The molecule has 1 aromatic heterocycles. The van der Waals surface area contributed by atoms with Gasteiger partial charge in [0.1, 0.15) is 0 Å². The second-order valence-electron chi connectivity index (χ2n) is 1.89. The van der Waals surface area contributed by atoms with Crippen molar-refractivity contribution in [2.24, 2.45) is 0 Å². The van der Waals surface area contributed by atoms with E-state index in [2.05, 4.69) is 8.75 Å². The summed E-state index contributed by atoms with van der Waals surface area (Å²) in [7, 11) is 1.93. The Hall–Kier alpha value is -0.350. The first kappa shape index (κ1) is 7.75. The molecule has 1 aromatic rings. The second-order valence-corrected chi connectivity index (χ2v) is 2.78. The largest absolute Gasteiger partial charge is 0.357 e. The summed E-state index contributed by atoms with van der Waals surface area (Å²) < 4.78 is 7.85. The molecule has 0 aliphatic rings. The Labute approximate surface area is 69.0 Å². The highest BCUT2D eigenvalue weighted by Gasteiger charge is 2.07. The molecule has 1 heterocycles. The van der Waals surface area contributed by atoms with E-state index >= 15 is 0 Å². The van der Waals surface area contributed by atoms with Gasteiger partial charge in [-0.25, -0.2) is 0 Å². The summed E-state index contributed by atoms with van der Waals surface area (Å²) in [4.78, 5) is 1.95. The Bertz CT molecular complexity index is 212. The quantitative estimate of drug-likeness (QED) is 0.688. The van der Waals surface area contributed by atoms with Crippen LogP contribution in [0.2, 0.25) is 5.15 Å². The van der Waals surface area contributed by atoms with Crippen molar-refractivity contribution in [3.63, 3.8) is 0 Å². The lowest BCUT2D eigenvalue weighted by Crippen LogP contribution is -2.16. The Morgan fingerprint density at radius 2 is 2.30 bits per heavy atom. The van der Waals surface area contributed by atoms with Crippen LogP contribution < -0.4 is 4.90 Å². The Kier molecular flexibility index (Phi) is 2.45. The van der Waals surface area contributed by atoms with Crippen molar-refractivity contribution in [3.05, 3.63) is 5.15 Å². The van der Waals surface area contributed by atoms with Crippen LogP contribution in [0.5, 0.6) is 0 Å². The monoisotopic (exact) mass is 177 g/mol. The van der Waals surface area contributed by atoms with E-state index in [0.29, 0.717) is 5.15 Å². The number of hydrogen-bond acceptors (Lipinski definition) is 4. The van der Waals surface area contributed by atoms with Gasteiger partial charge in [-0.1, -0.05) is 11.6 Å². The molecule has 5 heteroatoms. The molecule has 0 spiro atoms. The highest BCUT2D eigenvalue weighted by Crippen LogP contribution is 2.20. The van der Waals surface area contributed by atoms with Gasteiger partial charge in [0, 0.05) is 13.6 Å². The molecule has 0 N–H and O–H groups in total. The highest BCUT2D eigenvalue weighted by molar-refractivity contribution is 6.99. The summed E-state index contributed by atoms with van der Waals surface area (Å²) in [6.07, 6.45) is 0. The van der Waals surface area contributed by atoms with Crippen LogP contribution in [-0.2, 0) is 0 Å². The zero-order valence-corrected chi connectivity index (χ0v) is 7.41. The highest BCUT2D eigenvalue weighted by atomic mass is 35.5. The van der Waals surface area contributed by atoms with Crippen molar-refractivity contribution < 1.29 is 0 Å². The molecule has 0 bridgehead atoms. The van der Waals surface area contributed by atoms with Gasteiger partial charge >= 0.3 is 0 Å². The van der Waals surface area contributed by atoms with E-state index in [4.69, 9.17) is 11.6 Å². The molecule has 0 saturated carbocycles. The lowest BCUT2D eigenvalue weighted by molar-refractivity contribution is 0.951. The molecule has 0 aliphatic carbocycles. The first-order chi connectivity index (χ1) is 4.75.